The highest BCUT2D eigenvalue weighted by Crippen LogP contribution is 2.23. The highest BCUT2D eigenvalue weighted by atomic mass is 16.5. The van der Waals surface area contributed by atoms with Crippen LogP contribution in [0.25, 0.3) is 0 Å². The number of piperidine rings is 1. The molecule has 34 heavy (non-hydrogen) atoms. The van der Waals surface area contributed by atoms with E-state index in [0.29, 0.717) is 24.2 Å². The minimum absolute atomic E-state index is 0.147. The quantitative estimate of drug-likeness (QED) is 0.383. The van der Waals surface area contributed by atoms with Gasteiger partial charge in [-0.25, -0.2) is 14.4 Å². The first-order valence-corrected chi connectivity index (χ1v) is 11.6. The van der Waals surface area contributed by atoms with Crippen molar-refractivity contribution in [2.24, 2.45) is 5.92 Å². The molecule has 1 aliphatic rings. The molecule has 3 N–H and O–H groups in total. The Morgan fingerprint density at radius 3 is 2.32 bits per heavy atom. The predicted octanol–water partition coefficient (Wildman–Crippen LogP) is 3.77. The van der Waals surface area contributed by atoms with Crippen molar-refractivity contribution in [1.82, 2.24) is 10.6 Å². The molecule has 0 aliphatic carbocycles. The van der Waals surface area contributed by atoms with Gasteiger partial charge in [-0.3, -0.25) is 0 Å². The number of amides is 2. The zero-order chi connectivity index (χ0) is 24.3. The van der Waals surface area contributed by atoms with E-state index in [0.717, 1.165) is 32.2 Å². The fraction of sp³-hybridized carbons (Fsp3) is 0.423. The van der Waals surface area contributed by atoms with Gasteiger partial charge in [0.1, 0.15) is 0 Å². The van der Waals surface area contributed by atoms with E-state index in [2.05, 4.69) is 40.2 Å². The maximum Gasteiger partial charge on any atom is 0.337 e. The van der Waals surface area contributed by atoms with E-state index in [1.165, 1.54) is 44.4 Å². The molecule has 3 rings (SSSR count). The highest BCUT2D eigenvalue weighted by molar-refractivity contribution is 5.99. The number of hydrogen-bond donors (Lipinski definition) is 3. The number of carbonyl (C=O) groups excluding carboxylic acids is 3. The molecule has 2 atom stereocenters. The Labute approximate surface area is 200 Å². The van der Waals surface area contributed by atoms with E-state index >= 15 is 0 Å². The number of rotatable bonds is 9. The van der Waals surface area contributed by atoms with E-state index in [9.17, 15) is 14.4 Å². The number of nitrogens with one attached hydrogen (secondary N) is 3. The fourth-order valence-electron chi connectivity index (χ4n) is 4.34. The van der Waals surface area contributed by atoms with Crippen LogP contribution in [0.3, 0.4) is 0 Å². The number of urea groups is 1. The first-order chi connectivity index (χ1) is 16.5. The van der Waals surface area contributed by atoms with Crippen LogP contribution in [0, 0.1) is 5.92 Å². The number of esters is 2. The molecule has 8 nitrogen and oxygen atoms in total. The zero-order valence-electron chi connectivity index (χ0n) is 19.8. The van der Waals surface area contributed by atoms with Crippen LogP contribution in [0.15, 0.2) is 48.5 Å². The summed E-state index contributed by atoms with van der Waals surface area (Å²) in [6, 6.07) is 14.9. The van der Waals surface area contributed by atoms with Gasteiger partial charge >= 0.3 is 18.0 Å². The van der Waals surface area contributed by atoms with Gasteiger partial charge in [-0.15, -0.1) is 0 Å². The van der Waals surface area contributed by atoms with Crippen LogP contribution in [0.4, 0.5) is 10.5 Å². The molecule has 2 aromatic rings. The van der Waals surface area contributed by atoms with Gasteiger partial charge < -0.3 is 25.4 Å². The number of carbonyl (C=O) groups is 3. The standard InChI is InChI=1S/C26H33N3O5/c1-33-24(30)20-15-21(25(31)34-2)17-23(16-20)29-26(32)28-11-6-9-22-14-19(10-12-27-22)13-18-7-4-3-5-8-18/h3-5,7-8,15-17,19,22,27H,6,9-14H2,1-2H3,(H2,28,29,32)/t19-,22-/m1/s1. The Morgan fingerprint density at radius 1 is 1.00 bits per heavy atom. The van der Waals surface area contributed by atoms with E-state index < -0.39 is 18.0 Å². The molecule has 0 saturated carbocycles. The number of ether oxygens (including phenoxy) is 2. The number of benzene rings is 2. The van der Waals surface area contributed by atoms with Crippen LogP contribution in [-0.2, 0) is 15.9 Å². The molecule has 1 heterocycles. The smallest absolute Gasteiger partial charge is 0.337 e. The maximum atomic E-state index is 12.4. The van der Waals surface area contributed by atoms with Crippen molar-refractivity contribution >= 4 is 23.7 Å². The maximum absolute atomic E-state index is 12.4. The van der Waals surface area contributed by atoms with Gasteiger partial charge in [0.05, 0.1) is 25.3 Å². The lowest BCUT2D eigenvalue weighted by molar-refractivity contribution is 0.0599. The molecule has 2 amide bonds. The first kappa shape index (κ1) is 25.2. The second kappa shape index (κ2) is 12.7. The summed E-state index contributed by atoms with van der Waals surface area (Å²) in [5, 5.41) is 9.10. The minimum atomic E-state index is -0.611. The number of methoxy groups -OCH3 is 2. The van der Waals surface area contributed by atoms with Gasteiger partial charge in [0.15, 0.2) is 0 Å². The number of anilines is 1. The van der Waals surface area contributed by atoms with E-state index in [-0.39, 0.29) is 11.1 Å². The lowest BCUT2D eigenvalue weighted by Gasteiger charge is -2.30. The van der Waals surface area contributed by atoms with E-state index in [1.807, 2.05) is 6.07 Å². The summed E-state index contributed by atoms with van der Waals surface area (Å²) in [7, 11) is 2.50. The predicted molar refractivity (Wildman–Crippen MR) is 130 cm³/mol. The van der Waals surface area contributed by atoms with Gasteiger partial charge in [-0.1, -0.05) is 30.3 Å². The van der Waals surface area contributed by atoms with E-state index in [4.69, 9.17) is 9.47 Å². The summed E-state index contributed by atoms with van der Waals surface area (Å²) in [4.78, 5) is 36.1. The van der Waals surface area contributed by atoms with Crippen molar-refractivity contribution in [3.63, 3.8) is 0 Å². The van der Waals surface area contributed by atoms with Crippen molar-refractivity contribution in [1.29, 1.82) is 0 Å². The minimum Gasteiger partial charge on any atom is -0.465 e. The lowest BCUT2D eigenvalue weighted by atomic mass is 9.86. The second-order valence-electron chi connectivity index (χ2n) is 8.54. The Hall–Kier alpha value is -3.39. The van der Waals surface area contributed by atoms with Crippen LogP contribution in [-0.4, -0.2) is 51.3 Å². The Kier molecular flexibility index (Phi) is 9.46. The summed E-state index contributed by atoms with van der Waals surface area (Å²) >= 11 is 0. The largest absolute Gasteiger partial charge is 0.465 e. The van der Waals surface area contributed by atoms with Gasteiger partial charge in [0.2, 0.25) is 0 Å². The van der Waals surface area contributed by atoms with Crippen LogP contribution in [0.1, 0.15) is 52.0 Å². The van der Waals surface area contributed by atoms with Gasteiger partial charge in [0, 0.05) is 18.3 Å². The molecular weight excluding hydrogens is 434 g/mol. The third-order valence-electron chi connectivity index (χ3n) is 6.02. The molecule has 0 bridgehead atoms. The van der Waals surface area contributed by atoms with Crippen molar-refractivity contribution in [3.05, 3.63) is 65.2 Å². The number of hydrogen-bond acceptors (Lipinski definition) is 6. The topological polar surface area (TPSA) is 106 Å². The normalized spacial score (nSPS) is 17.5. The van der Waals surface area contributed by atoms with Crippen molar-refractivity contribution in [3.8, 4) is 0 Å². The van der Waals surface area contributed by atoms with Crippen LogP contribution in [0.5, 0.6) is 0 Å². The van der Waals surface area contributed by atoms with Crippen molar-refractivity contribution < 1.29 is 23.9 Å². The van der Waals surface area contributed by atoms with Crippen LogP contribution in [0.2, 0.25) is 0 Å². The third-order valence-corrected chi connectivity index (χ3v) is 6.02. The summed E-state index contributed by atoms with van der Waals surface area (Å²) in [5.41, 5.74) is 1.99. The molecular formula is C26H33N3O5. The molecule has 182 valence electrons. The summed E-state index contributed by atoms with van der Waals surface area (Å²) in [5.74, 6) is -0.546. The molecule has 0 spiro atoms. The molecule has 1 fully saturated rings. The van der Waals surface area contributed by atoms with Crippen molar-refractivity contribution in [2.45, 2.75) is 38.1 Å². The monoisotopic (exact) mass is 467 g/mol. The molecule has 0 unspecified atom stereocenters. The SMILES string of the molecule is COC(=O)c1cc(NC(=O)NCCC[C@@H]2C[C@@H](Cc3ccccc3)CCN2)cc(C(=O)OC)c1. The average Bonchev–Trinajstić information content (AvgIpc) is 2.86. The molecule has 1 saturated heterocycles. The van der Waals surface area contributed by atoms with Crippen molar-refractivity contribution in [2.75, 3.05) is 32.6 Å². The average molecular weight is 468 g/mol. The third kappa shape index (κ3) is 7.59. The van der Waals surface area contributed by atoms with Crippen LogP contribution >= 0.6 is 0 Å². The summed E-state index contributed by atoms with van der Waals surface area (Å²) in [6.07, 6.45) is 5.26. The summed E-state index contributed by atoms with van der Waals surface area (Å²) < 4.78 is 9.43. The Morgan fingerprint density at radius 2 is 1.68 bits per heavy atom. The molecule has 0 aromatic heterocycles. The first-order valence-electron chi connectivity index (χ1n) is 11.6. The molecule has 0 radical (unpaired) electrons. The van der Waals surface area contributed by atoms with Gasteiger partial charge in [0.25, 0.3) is 0 Å². The molecule has 1 aliphatic heterocycles. The Balaban J connectivity index is 1.44. The summed E-state index contributed by atoms with van der Waals surface area (Å²) in [6.45, 7) is 1.54. The molecule has 2 aromatic carbocycles. The second-order valence-corrected chi connectivity index (χ2v) is 8.54. The highest BCUT2D eigenvalue weighted by Gasteiger charge is 2.21. The molecule has 8 heteroatoms. The van der Waals surface area contributed by atoms with E-state index in [1.54, 1.807) is 0 Å². The van der Waals surface area contributed by atoms with Gasteiger partial charge in [-0.2, -0.15) is 0 Å². The van der Waals surface area contributed by atoms with Crippen LogP contribution < -0.4 is 16.0 Å². The lowest BCUT2D eigenvalue weighted by Crippen LogP contribution is -2.39. The van der Waals surface area contributed by atoms with Gasteiger partial charge in [-0.05, 0) is 68.3 Å². The Bertz CT molecular complexity index is 945. The zero-order valence-corrected chi connectivity index (χ0v) is 19.8. The fourth-order valence-corrected chi connectivity index (χ4v) is 4.34.